The molecule has 0 radical (unpaired) electrons. The first-order valence-electron chi connectivity index (χ1n) is 7.52. The molecular formula is C19H17ClN2O. The molecule has 0 aliphatic heterocycles. The molecule has 23 heavy (non-hydrogen) atoms. The van der Waals surface area contributed by atoms with E-state index in [1.807, 2.05) is 61.5 Å². The Hall–Kier alpha value is -2.39. The number of halogens is 1. The van der Waals surface area contributed by atoms with Crippen molar-refractivity contribution in [2.24, 2.45) is 0 Å². The highest BCUT2D eigenvalue weighted by Crippen LogP contribution is 2.17. The molecule has 0 saturated heterocycles. The fraction of sp³-hybridized carbons (Fsp3) is 0.158. The first-order chi connectivity index (χ1) is 11.1. The average molecular weight is 325 g/mol. The molecule has 3 aromatic rings. The van der Waals surface area contributed by atoms with Crippen LogP contribution in [0.15, 0.2) is 59.4 Å². The lowest BCUT2D eigenvalue weighted by Gasteiger charge is -2.05. The van der Waals surface area contributed by atoms with E-state index < -0.39 is 0 Å². The fourth-order valence-electron chi connectivity index (χ4n) is 2.43. The highest BCUT2D eigenvalue weighted by atomic mass is 35.5. The van der Waals surface area contributed by atoms with E-state index in [0.717, 1.165) is 33.8 Å². The summed E-state index contributed by atoms with van der Waals surface area (Å²) in [5.41, 5.74) is 4.75. The molecule has 0 aliphatic rings. The lowest BCUT2D eigenvalue weighted by atomic mass is 10.0. The molecule has 3 nitrogen and oxygen atoms in total. The second-order valence-corrected chi connectivity index (χ2v) is 6.04. The molecule has 0 saturated carbocycles. The van der Waals surface area contributed by atoms with Gasteiger partial charge >= 0.3 is 0 Å². The minimum absolute atomic E-state index is 0.130. The smallest absolute Gasteiger partial charge is 0.267 e. The van der Waals surface area contributed by atoms with Crippen LogP contribution in [-0.4, -0.2) is 10.2 Å². The summed E-state index contributed by atoms with van der Waals surface area (Å²) in [5, 5.41) is 7.47. The van der Waals surface area contributed by atoms with Crippen molar-refractivity contribution < 1.29 is 0 Å². The van der Waals surface area contributed by atoms with Gasteiger partial charge in [0.1, 0.15) is 0 Å². The second-order valence-electron chi connectivity index (χ2n) is 5.60. The Balaban J connectivity index is 1.81. The zero-order valence-corrected chi connectivity index (χ0v) is 13.6. The molecule has 0 amide bonds. The number of nitrogens with one attached hydrogen (secondary N) is 1. The molecular weight excluding hydrogens is 308 g/mol. The molecule has 2 aromatic carbocycles. The summed E-state index contributed by atoms with van der Waals surface area (Å²) in [6.07, 6.45) is 1.45. The quantitative estimate of drug-likeness (QED) is 0.782. The van der Waals surface area contributed by atoms with E-state index in [1.54, 1.807) is 0 Å². The van der Waals surface area contributed by atoms with Crippen LogP contribution < -0.4 is 5.56 Å². The maximum atomic E-state index is 12.0. The summed E-state index contributed by atoms with van der Waals surface area (Å²) < 4.78 is 0. The van der Waals surface area contributed by atoms with E-state index in [-0.39, 0.29) is 5.56 Å². The Kier molecular flexibility index (Phi) is 4.58. The zero-order valence-electron chi connectivity index (χ0n) is 12.8. The van der Waals surface area contributed by atoms with Crippen molar-refractivity contribution >= 4 is 11.6 Å². The van der Waals surface area contributed by atoms with Gasteiger partial charge in [-0.3, -0.25) is 4.79 Å². The summed E-state index contributed by atoms with van der Waals surface area (Å²) in [7, 11) is 0. The normalized spacial score (nSPS) is 10.7. The summed E-state index contributed by atoms with van der Waals surface area (Å²) in [6, 6.07) is 17.7. The van der Waals surface area contributed by atoms with Crippen molar-refractivity contribution in [3.8, 4) is 11.3 Å². The van der Waals surface area contributed by atoms with Crippen LogP contribution in [0.4, 0.5) is 0 Å². The minimum atomic E-state index is -0.130. The summed E-state index contributed by atoms with van der Waals surface area (Å²) in [6.45, 7) is 2.04. The Morgan fingerprint density at radius 3 is 2.39 bits per heavy atom. The average Bonchev–Trinajstić information content (AvgIpc) is 2.56. The molecule has 0 unspecified atom stereocenters. The molecule has 0 fully saturated rings. The minimum Gasteiger partial charge on any atom is -0.268 e. The van der Waals surface area contributed by atoms with Gasteiger partial charge in [0.25, 0.3) is 5.56 Å². The third-order valence-corrected chi connectivity index (χ3v) is 4.08. The highest BCUT2D eigenvalue weighted by molar-refractivity contribution is 6.30. The van der Waals surface area contributed by atoms with Crippen molar-refractivity contribution in [3.05, 3.63) is 86.7 Å². The van der Waals surface area contributed by atoms with Crippen LogP contribution in [0.25, 0.3) is 11.3 Å². The van der Waals surface area contributed by atoms with Crippen molar-refractivity contribution in [2.75, 3.05) is 0 Å². The Morgan fingerprint density at radius 2 is 1.70 bits per heavy atom. The number of H-pyrrole nitrogens is 1. The highest BCUT2D eigenvalue weighted by Gasteiger charge is 2.06. The number of aromatic amines is 1. The molecule has 0 bridgehead atoms. The van der Waals surface area contributed by atoms with Gasteiger partial charge in [0.05, 0.1) is 5.69 Å². The molecule has 116 valence electrons. The first kappa shape index (κ1) is 15.5. The largest absolute Gasteiger partial charge is 0.268 e. The van der Waals surface area contributed by atoms with E-state index >= 15 is 0 Å². The molecule has 1 N–H and O–H groups in total. The number of rotatable bonds is 4. The van der Waals surface area contributed by atoms with Crippen molar-refractivity contribution in [3.63, 3.8) is 0 Å². The topological polar surface area (TPSA) is 45.8 Å². The summed E-state index contributed by atoms with van der Waals surface area (Å²) in [4.78, 5) is 12.0. The number of hydrogen-bond donors (Lipinski definition) is 1. The van der Waals surface area contributed by atoms with Gasteiger partial charge in [0.2, 0.25) is 0 Å². The predicted octanol–water partition coefficient (Wildman–Crippen LogP) is 4.18. The van der Waals surface area contributed by atoms with Gasteiger partial charge in [-0.1, -0.05) is 53.6 Å². The Labute approximate surface area is 140 Å². The lowest BCUT2D eigenvalue weighted by Crippen LogP contribution is -2.15. The van der Waals surface area contributed by atoms with E-state index in [4.69, 9.17) is 11.6 Å². The van der Waals surface area contributed by atoms with Crippen LogP contribution in [-0.2, 0) is 12.8 Å². The number of aryl methyl sites for hydroxylation is 3. The molecule has 0 spiro atoms. The van der Waals surface area contributed by atoms with E-state index in [9.17, 15) is 4.79 Å². The van der Waals surface area contributed by atoms with E-state index in [0.29, 0.717) is 6.42 Å². The Bertz CT molecular complexity index is 852. The van der Waals surface area contributed by atoms with Crippen LogP contribution >= 0.6 is 11.6 Å². The monoisotopic (exact) mass is 324 g/mol. The lowest BCUT2D eigenvalue weighted by molar-refractivity contribution is 0.893. The summed E-state index contributed by atoms with van der Waals surface area (Å²) in [5.74, 6) is 0. The number of aromatic nitrogens is 2. The fourth-order valence-corrected chi connectivity index (χ4v) is 2.56. The molecule has 3 rings (SSSR count). The third-order valence-electron chi connectivity index (χ3n) is 3.82. The van der Waals surface area contributed by atoms with Crippen molar-refractivity contribution in [1.29, 1.82) is 0 Å². The van der Waals surface area contributed by atoms with Gasteiger partial charge < -0.3 is 0 Å². The van der Waals surface area contributed by atoms with Crippen LogP contribution in [0.2, 0.25) is 5.02 Å². The van der Waals surface area contributed by atoms with Crippen LogP contribution in [0, 0.1) is 6.92 Å². The van der Waals surface area contributed by atoms with Crippen molar-refractivity contribution in [1.82, 2.24) is 10.2 Å². The summed E-state index contributed by atoms with van der Waals surface area (Å²) >= 11 is 5.89. The van der Waals surface area contributed by atoms with Gasteiger partial charge in [-0.05, 0) is 43.5 Å². The standard InChI is InChI=1S/C19H17ClN2O/c1-13-2-7-15(8-3-13)18-12-16(19(23)22-21-18)9-4-14-5-10-17(20)11-6-14/h2-3,5-8,10-12H,4,9H2,1H3,(H,22,23). The van der Waals surface area contributed by atoms with E-state index in [1.165, 1.54) is 5.56 Å². The van der Waals surface area contributed by atoms with Crippen LogP contribution in [0.5, 0.6) is 0 Å². The van der Waals surface area contributed by atoms with Gasteiger partial charge in [-0.25, -0.2) is 5.10 Å². The van der Waals surface area contributed by atoms with Gasteiger partial charge in [-0.15, -0.1) is 0 Å². The molecule has 1 heterocycles. The van der Waals surface area contributed by atoms with Gasteiger partial charge in [0, 0.05) is 16.1 Å². The maximum absolute atomic E-state index is 12.0. The molecule has 0 aliphatic carbocycles. The van der Waals surface area contributed by atoms with E-state index in [2.05, 4.69) is 10.2 Å². The SMILES string of the molecule is Cc1ccc(-c2cc(CCc3ccc(Cl)cc3)c(=O)[nH]n2)cc1. The van der Waals surface area contributed by atoms with Crippen LogP contribution in [0.3, 0.4) is 0 Å². The molecule has 0 atom stereocenters. The predicted molar refractivity (Wildman–Crippen MR) is 93.9 cm³/mol. The van der Waals surface area contributed by atoms with Gasteiger partial charge in [-0.2, -0.15) is 5.10 Å². The molecule has 4 heteroatoms. The van der Waals surface area contributed by atoms with Gasteiger partial charge in [0.15, 0.2) is 0 Å². The second kappa shape index (κ2) is 6.80. The number of benzene rings is 2. The van der Waals surface area contributed by atoms with Crippen LogP contribution in [0.1, 0.15) is 16.7 Å². The molecule has 1 aromatic heterocycles. The first-order valence-corrected chi connectivity index (χ1v) is 7.90. The number of hydrogen-bond acceptors (Lipinski definition) is 2. The third kappa shape index (κ3) is 3.88. The van der Waals surface area contributed by atoms with Crippen molar-refractivity contribution in [2.45, 2.75) is 19.8 Å². The maximum Gasteiger partial charge on any atom is 0.267 e. The number of nitrogens with zero attached hydrogens (tertiary/aromatic N) is 1. The zero-order chi connectivity index (χ0) is 16.2. The Morgan fingerprint density at radius 1 is 1.00 bits per heavy atom.